The molecule has 2 aromatic rings. The van der Waals surface area contributed by atoms with E-state index in [9.17, 15) is 9.59 Å². The Hall–Kier alpha value is -2.05. The van der Waals surface area contributed by atoms with Gasteiger partial charge in [-0.2, -0.15) is 0 Å². The van der Waals surface area contributed by atoms with Gasteiger partial charge in [-0.25, -0.2) is 4.79 Å². The summed E-state index contributed by atoms with van der Waals surface area (Å²) < 4.78 is 5.56. The summed E-state index contributed by atoms with van der Waals surface area (Å²) in [7, 11) is 1.33. The van der Waals surface area contributed by atoms with Crippen LogP contribution in [0.1, 0.15) is 15.2 Å². The molecule has 1 aromatic heterocycles. The standard InChI is InChI=1S/C16H15NO3S2/c1-20-15(19)13-10-12(16(21-2)22-13)17-14(18)9-8-11-6-4-3-5-7-11/h3-10H,1-2H3,(H,17,18). The van der Waals surface area contributed by atoms with Gasteiger partial charge >= 0.3 is 5.97 Å². The number of carbonyl (C=O) groups is 2. The van der Waals surface area contributed by atoms with Crippen molar-refractivity contribution in [1.29, 1.82) is 0 Å². The van der Waals surface area contributed by atoms with E-state index in [1.807, 2.05) is 36.6 Å². The van der Waals surface area contributed by atoms with Crippen LogP contribution in [0.25, 0.3) is 6.08 Å². The topological polar surface area (TPSA) is 55.4 Å². The maximum absolute atomic E-state index is 12.0. The van der Waals surface area contributed by atoms with Gasteiger partial charge in [0.1, 0.15) is 4.88 Å². The van der Waals surface area contributed by atoms with E-state index in [1.54, 1.807) is 12.1 Å². The van der Waals surface area contributed by atoms with Crippen LogP contribution in [0.15, 0.2) is 46.7 Å². The van der Waals surface area contributed by atoms with Crippen molar-refractivity contribution in [2.45, 2.75) is 4.21 Å². The zero-order valence-corrected chi connectivity index (χ0v) is 13.8. The summed E-state index contributed by atoms with van der Waals surface area (Å²) in [6.07, 6.45) is 5.10. The number of rotatable bonds is 5. The zero-order valence-electron chi connectivity index (χ0n) is 12.2. The van der Waals surface area contributed by atoms with Crippen molar-refractivity contribution in [1.82, 2.24) is 0 Å². The molecule has 2 rings (SSSR count). The quantitative estimate of drug-likeness (QED) is 0.512. The molecule has 1 heterocycles. The molecule has 1 aromatic carbocycles. The summed E-state index contributed by atoms with van der Waals surface area (Å²) in [6.45, 7) is 0. The van der Waals surface area contributed by atoms with E-state index in [1.165, 1.54) is 36.3 Å². The molecule has 0 atom stereocenters. The molecule has 0 spiro atoms. The normalized spacial score (nSPS) is 10.6. The molecule has 4 nitrogen and oxygen atoms in total. The lowest BCUT2D eigenvalue weighted by Crippen LogP contribution is -2.07. The van der Waals surface area contributed by atoms with Crippen LogP contribution in [0.3, 0.4) is 0 Å². The van der Waals surface area contributed by atoms with Crippen LogP contribution in [0, 0.1) is 0 Å². The highest BCUT2D eigenvalue weighted by atomic mass is 32.2. The molecule has 114 valence electrons. The predicted molar refractivity (Wildman–Crippen MR) is 91.5 cm³/mol. The smallest absolute Gasteiger partial charge is 0.348 e. The van der Waals surface area contributed by atoms with E-state index in [0.29, 0.717) is 10.6 Å². The van der Waals surface area contributed by atoms with E-state index in [0.717, 1.165) is 9.77 Å². The Kier molecular flexibility index (Phi) is 5.80. The first kappa shape index (κ1) is 16.3. The van der Waals surface area contributed by atoms with Gasteiger partial charge in [0.05, 0.1) is 17.0 Å². The lowest BCUT2D eigenvalue weighted by atomic mass is 10.2. The Balaban J connectivity index is 2.09. The zero-order chi connectivity index (χ0) is 15.9. The van der Waals surface area contributed by atoms with Crippen molar-refractivity contribution < 1.29 is 14.3 Å². The van der Waals surface area contributed by atoms with Crippen LogP contribution < -0.4 is 5.32 Å². The van der Waals surface area contributed by atoms with Crippen molar-refractivity contribution in [3.05, 3.63) is 52.9 Å². The van der Waals surface area contributed by atoms with Crippen molar-refractivity contribution >= 4 is 46.7 Å². The molecular formula is C16H15NO3S2. The van der Waals surface area contributed by atoms with Gasteiger partial charge in [-0.05, 0) is 24.0 Å². The van der Waals surface area contributed by atoms with Crippen LogP contribution in [-0.2, 0) is 9.53 Å². The van der Waals surface area contributed by atoms with Gasteiger partial charge in [-0.1, -0.05) is 30.3 Å². The minimum Gasteiger partial charge on any atom is -0.465 e. The maximum atomic E-state index is 12.0. The first-order chi connectivity index (χ1) is 10.6. The molecule has 0 bridgehead atoms. The number of esters is 1. The average molecular weight is 333 g/mol. The number of nitrogens with one attached hydrogen (secondary N) is 1. The second-order valence-electron chi connectivity index (χ2n) is 4.24. The third-order valence-electron chi connectivity index (χ3n) is 2.75. The van der Waals surface area contributed by atoms with Gasteiger partial charge in [-0.15, -0.1) is 23.1 Å². The molecule has 0 aliphatic rings. The molecule has 1 amide bonds. The summed E-state index contributed by atoms with van der Waals surface area (Å²) in [5.74, 6) is -0.644. The monoisotopic (exact) mass is 333 g/mol. The number of carbonyl (C=O) groups excluding carboxylic acids is 2. The fraction of sp³-hybridized carbons (Fsp3) is 0.125. The maximum Gasteiger partial charge on any atom is 0.348 e. The number of methoxy groups -OCH3 is 1. The Bertz CT molecular complexity index is 693. The second-order valence-corrected chi connectivity index (χ2v) is 6.37. The van der Waals surface area contributed by atoms with Gasteiger partial charge in [0.15, 0.2) is 0 Å². The van der Waals surface area contributed by atoms with Crippen LogP contribution in [0.2, 0.25) is 0 Å². The van der Waals surface area contributed by atoms with Crippen molar-refractivity contribution in [3.8, 4) is 0 Å². The van der Waals surface area contributed by atoms with Gasteiger partial charge in [0, 0.05) is 6.08 Å². The molecule has 22 heavy (non-hydrogen) atoms. The predicted octanol–water partition coefficient (Wildman–Crippen LogP) is 3.91. The Morgan fingerprint density at radius 1 is 1.27 bits per heavy atom. The lowest BCUT2D eigenvalue weighted by molar-refractivity contribution is -0.111. The number of thioether (sulfide) groups is 1. The Labute approximate surface area is 137 Å². The van der Waals surface area contributed by atoms with Crippen LogP contribution in [0.4, 0.5) is 5.69 Å². The number of thiophene rings is 1. The molecular weight excluding hydrogens is 318 g/mol. The fourth-order valence-electron chi connectivity index (χ4n) is 1.72. The number of benzene rings is 1. The van der Waals surface area contributed by atoms with Crippen LogP contribution in [0.5, 0.6) is 0 Å². The van der Waals surface area contributed by atoms with Crippen molar-refractivity contribution in [3.63, 3.8) is 0 Å². The molecule has 0 aliphatic carbocycles. The highest BCUT2D eigenvalue weighted by Crippen LogP contribution is 2.35. The van der Waals surface area contributed by atoms with E-state index < -0.39 is 5.97 Å². The second kappa shape index (κ2) is 7.82. The van der Waals surface area contributed by atoms with E-state index in [4.69, 9.17) is 4.74 Å². The molecule has 1 N–H and O–H groups in total. The van der Waals surface area contributed by atoms with Gasteiger partial charge < -0.3 is 10.1 Å². The number of hydrogen-bond acceptors (Lipinski definition) is 5. The number of amides is 1. The third kappa shape index (κ3) is 4.22. The van der Waals surface area contributed by atoms with Gasteiger partial charge in [-0.3, -0.25) is 4.79 Å². The summed E-state index contributed by atoms with van der Waals surface area (Å²) in [5.41, 5.74) is 1.57. The summed E-state index contributed by atoms with van der Waals surface area (Å²) >= 11 is 2.77. The van der Waals surface area contributed by atoms with Crippen LogP contribution in [-0.4, -0.2) is 25.2 Å². The molecule has 0 saturated heterocycles. The Morgan fingerprint density at radius 3 is 2.64 bits per heavy atom. The Morgan fingerprint density at radius 2 is 2.00 bits per heavy atom. The van der Waals surface area contributed by atoms with E-state index in [-0.39, 0.29) is 5.91 Å². The molecule has 0 aliphatic heterocycles. The van der Waals surface area contributed by atoms with Gasteiger partial charge in [0.2, 0.25) is 5.91 Å². The van der Waals surface area contributed by atoms with Crippen molar-refractivity contribution in [2.75, 3.05) is 18.7 Å². The highest BCUT2D eigenvalue weighted by molar-refractivity contribution is 8.00. The lowest BCUT2D eigenvalue weighted by Gasteiger charge is -2.01. The fourth-order valence-corrected chi connectivity index (χ4v) is 3.42. The molecule has 0 unspecified atom stereocenters. The van der Waals surface area contributed by atoms with Crippen LogP contribution >= 0.6 is 23.1 Å². The summed E-state index contributed by atoms with van der Waals surface area (Å²) in [4.78, 5) is 24.0. The molecule has 0 fully saturated rings. The summed E-state index contributed by atoms with van der Waals surface area (Å²) in [6, 6.07) is 11.2. The highest BCUT2D eigenvalue weighted by Gasteiger charge is 2.15. The van der Waals surface area contributed by atoms with Gasteiger partial charge in [0.25, 0.3) is 0 Å². The minimum atomic E-state index is -0.402. The third-order valence-corrected chi connectivity index (χ3v) is 5.01. The average Bonchev–Trinajstić information content (AvgIpc) is 2.96. The largest absolute Gasteiger partial charge is 0.465 e. The molecule has 0 saturated carbocycles. The minimum absolute atomic E-state index is 0.242. The number of ether oxygens (including phenoxy) is 1. The van der Waals surface area contributed by atoms with E-state index >= 15 is 0 Å². The first-order valence-electron chi connectivity index (χ1n) is 6.44. The number of anilines is 1. The number of hydrogen-bond donors (Lipinski definition) is 1. The SMILES string of the molecule is COC(=O)c1cc(NC(=O)C=Cc2ccccc2)c(SC)s1. The van der Waals surface area contributed by atoms with E-state index in [2.05, 4.69) is 5.32 Å². The van der Waals surface area contributed by atoms with Crippen molar-refractivity contribution in [2.24, 2.45) is 0 Å². The molecule has 0 radical (unpaired) electrons. The first-order valence-corrected chi connectivity index (χ1v) is 8.48. The summed E-state index contributed by atoms with van der Waals surface area (Å²) in [5, 5.41) is 2.79. The molecule has 6 heteroatoms.